The van der Waals surface area contributed by atoms with Gasteiger partial charge in [-0.2, -0.15) is 0 Å². The van der Waals surface area contributed by atoms with E-state index in [1.807, 2.05) is 0 Å². The summed E-state index contributed by atoms with van der Waals surface area (Å²) in [4.78, 5) is 11.2. The number of rotatable bonds is 3. The minimum absolute atomic E-state index is 0. The molecule has 0 saturated heterocycles. The van der Waals surface area contributed by atoms with Crippen molar-refractivity contribution in [3.8, 4) is 0 Å². The van der Waals surface area contributed by atoms with Crippen LogP contribution in [0.1, 0.15) is 0 Å². The fourth-order valence-corrected chi connectivity index (χ4v) is 1.62. The summed E-state index contributed by atoms with van der Waals surface area (Å²) in [5.41, 5.74) is 0. The van der Waals surface area contributed by atoms with Crippen molar-refractivity contribution in [2.45, 2.75) is 0 Å². The Labute approximate surface area is 99.3 Å². The van der Waals surface area contributed by atoms with Crippen LogP contribution in [0.5, 0.6) is 0 Å². The van der Waals surface area contributed by atoms with Crippen LogP contribution in [0.15, 0.2) is 43.2 Å². The first-order valence-electron chi connectivity index (χ1n) is 3.33. The Balaban J connectivity index is 0.00000144. The molecule has 0 aliphatic rings. The zero-order chi connectivity index (χ0) is 9.03. The smallest absolute Gasteiger partial charge is 0.765 e. The third-order valence-corrected chi connectivity index (χ3v) is 2.64. The molecule has 0 aliphatic carbocycles. The minimum atomic E-state index is -3.91. The molecule has 0 fully saturated rings. The SMILES string of the molecule is C=COP(=O)([O-])c1ccccc1.[Na+]. The van der Waals surface area contributed by atoms with Crippen molar-refractivity contribution in [2.24, 2.45) is 0 Å². The van der Waals surface area contributed by atoms with Crippen LogP contribution in [0.4, 0.5) is 0 Å². The Kier molecular flexibility index (Phi) is 5.61. The van der Waals surface area contributed by atoms with Crippen molar-refractivity contribution in [3.05, 3.63) is 43.2 Å². The van der Waals surface area contributed by atoms with E-state index in [0.717, 1.165) is 6.26 Å². The van der Waals surface area contributed by atoms with E-state index in [0.29, 0.717) is 0 Å². The molecule has 1 aromatic rings. The van der Waals surface area contributed by atoms with Gasteiger partial charge in [0.15, 0.2) is 0 Å². The Morgan fingerprint density at radius 1 is 1.38 bits per heavy atom. The standard InChI is InChI=1S/C8H9O3P.Na/c1-2-11-12(9,10)8-6-4-3-5-7-8;/h2-7H,1H2,(H,9,10);/q;+1/p-1. The fraction of sp³-hybridized carbons (Fsp3) is 0. The van der Waals surface area contributed by atoms with Crippen LogP contribution >= 0.6 is 7.60 Å². The van der Waals surface area contributed by atoms with Crippen LogP contribution in [0, 0.1) is 0 Å². The Morgan fingerprint density at radius 2 is 1.92 bits per heavy atom. The van der Waals surface area contributed by atoms with Crippen LogP contribution < -0.4 is 39.8 Å². The van der Waals surface area contributed by atoms with E-state index in [-0.39, 0.29) is 34.9 Å². The summed E-state index contributed by atoms with van der Waals surface area (Å²) < 4.78 is 15.5. The van der Waals surface area contributed by atoms with Gasteiger partial charge in [-0.3, -0.25) is 4.57 Å². The van der Waals surface area contributed by atoms with Gasteiger partial charge >= 0.3 is 29.6 Å². The summed E-state index contributed by atoms with van der Waals surface area (Å²) in [6.45, 7) is 3.18. The average Bonchev–Trinajstić information content (AvgIpc) is 2.06. The first kappa shape index (κ1) is 12.9. The average molecular weight is 206 g/mol. The molecule has 3 nitrogen and oxygen atoms in total. The van der Waals surface area contributed by atoms with Crippen molar-refractivity contribution in [1.82, 2.24) is 0 Å². The predicted molar refractivity (Wildman–Crippen MR) is 45.0 cm³/mol. The van der Waals surface area contributed by atoms with Crippen LogP contribution in [-0.4, -0.2) is 0 Å². The summed E-state index contributed by atoms with van der Waals surface area (Å²) >= 11 is 0. The van der Waals surface area contributed by atoms with Gasteiger partial charge in [-0.15, -0.1) is 0 Å². The molecule has 1 unspecified atom stereocenters. The van der Waals surface area contributed by atoms with Crippen molar-refractivity contribution >= 4 is 12.9 Å². The predicted octanol–water partition coefficient (Wildman–Crippen LogP) is -1.97. The number of benzene rings is 1. The van der Waals surface area contributed by atoms with E-state index in [4.69, 9.17) is 0 Å². The quantitative estimate of drug-likeness (QED) is 0.327. The molecule has 1 aromatic carbocycles. The van der Waals surface area contributed by atoms with E-state index >= 15 is 0 Å². The summed E-state index contributed by atoms with van der Waals surface area (Å²) in [5, 5.41) is 0.157. The van der Waals surface area contributed by atoms with Crippen LogP contribution in [0.25, 0.3) is 0 Å². The van der Waals surface area contributed by atoms with E-state index < -0.39 is 7.60 Å². The molecule has 13 heavy (non-hydrogen) atoms. The van der Waals surface area contributed by atoms with E-state index in [1.54, 1.807) is 18.2 Å². The molecule has 0 aliphatic heterocycles. The van der Waals surface area contributed by atoms with Gasteiger partial charge in [0.2, 0.25) is 7.60 Å². The largest absolute Gasteiger partial charge is 1.00 e. The Bertz CT molecular complexity index is 312. The van der Waals surface area contributed by atoms with Crippen molar-refractivity contribution in [3.63, 3.8) is 0 Å². The van der Waals surface area contributed by atoms with Gasteiger partial charge in [0, 0.05) is 5.30 Å². The topological polar surface area (TPSA) is 49.4 Å². The molecular weight excluding hydrogens is 198 g/mol. The van der Waals surface area contributed by atoms with Gasteiger partial charge in [0.1, 0.15) is 0 Å². The van der Waals surface area contributed by atoms with Crippen molar-refractivity contribution in [2.75, 3.05) is 0 Å². The summed E-state index contributed by atoms with van der Waals surface area (Å²) in [6, 6.07) is 7.94. The normalized spacial score (nSPS) is 13.6. The molecule has 0 aromatic heterocycles. The molecule has 64 valence electrons. The second-order valence-corrected chi connectivity index (χ2v) is 3.83. The first-order chi connectivity index (χ1) is 5.67. The second kappa shape index (κ2) is 5.63. The molecule has 0 amide bonds. The zero-order valence-corrected chi connectivity index (χ0v) is 10.2. The monoisotopic (exact) mass is 206 g/mol. The third-order valence-electron chi connectivity index (χ3n) is 1.29. The van der Waals surface area contributed by atoms with Crippen molar-refractivity contribution < 1.29 is 43.5 Å². The maximum atomic E-state index is 11.2. The molecule has 0 bridgehead atoms. The molecule has 1 rings (SSSR count). The number of hydrogen-bond acceptors (Lipinski definition) is 3. The molecule has 1 atom stereocenters. The van der Waals surface area contributed by atoms with Gasteiger partial charge < -0.3 is 9.42 Å². The summed E-state index contributed by atoms with van der Waals surface area (Å²) in [7, 11) is -3.91. The fourth-order valence-electron chi connectivity index (χ4n) is 0.770. The maximum Gasteiger partial charge on any atom is 1.00 e. The van der Waals surface area contributed by atoms with E-state index in [2.05, 4.69) is 11.1 Å². The van der Waals surface area contributed by atoms with Gasteiger partial charge in [-0.25, -0.2) is 0 Å². The van der Waals surface area contributed by atoms with Crippen LogP contribution in [-0.2, 0) is 9.09 Å². The number of hydrogen-bond donors (Lipinski definition) is 0. The van der Waals surface area contributed by atoms with Crippen molar-refractivity contribution in [1.29, 1.82) is 0 Å². The third kappa shape index (κ3) is 3.67. The molecule has 5 heteroatoms. The molecule has 0 N–H and O–H groups in total. The molecule has 0 saturated carbocycles. The Morgan fingerprint density at radius 3 is 2.38 bits per heavy atom. The van der Waals surface area contributed by atoms with Gasteiger partial charge in [0.25, 0.3) is 0 Å². The van der Waals surface area contributed by atoms with E-state index in [9.17, 15) is 9.46 Å². The van der Waals surface area contributed by atoms with Gasteiger partial charge in [0.05, 0.1) is 6.26 Å². The van der Waals surface area contributed by atoms with E-state index in [1.165, 1.54) is 12.1 Å². The first-order valence-corrected chi connectivity index (χ1v) is 4.87. The zero-order valence-electron chi connectivity index (χ0n) is 7.34. The minimum Gasteiger partial charge on any atom is -0.765 e. The Hall–Kier alpha value is -0.0500. The molecule has 0 radical (unpaired) electrons. The molecule has 0 spiro atoms. The molecular formula is C8H8NaO3P. The summed E-state index contributed by atoms with van der Waals surface area (Å²) in [6.07, 6.45) is 0.904. The summed E-state index contributed by atoms with van der Waals surface area (Å²) in [5.74, 6) is 0. The van der Waals surface area contributed by atoms with Gasteiger partial charge in [-0.05, 0) is 12.1 Å². The molecule has 0 heterocycles. The van der Waals surface area contributed by atoms with Crippen LogP contribution in [0.3, 0.4) is 0 Å². The van der Waals surface area contributed by atoms with Gasteiger partial charge in [-0.1, -0.05) is 24.8 Å². The second-order valence-electron chi connectivity index (χ2n) is 2.11. The van der Waals surface area contributed by atoms with Crippen LogP contribution in [0.2, 0.25) is 0 Å². The maximum absolute atomic E-state index is 11.2.